The number of hydrogen-bond donors (Lipinski definition) is 1. The summed E-state index contributed by atoms with van der Waals surface area (Å²) in [4.78, 5) is 11.5. The number of Topliss-reactive ketones (excluding diaryl/α,β-unsaturated/α-hetero) is 1. The summed E-state index contributed by atoms with van der Waals surface area (Å²) >= 11 is 0. The number of rotatable bonds is 5. The minimum absolute atomic E-state index is 0.379. The standard InChI is InChI=1S/C11H19NO2/c13-11(8-12-10-1-2-10)7-9-3-5-14-6-4-9/h9-10,12H,1-8H2. The SMILES string of the molecule is O=C(CNC1CC1)CC1CCOCC1. The van der Waals surface area contributed by atoms with Crippen molar-refractivity contribution in [3.63, 3.8) is 0 Å². The molecule has 2 fully saturated rings. The molecule has 0 unspecified atom stereocenters. The van der Waals surface area contributed by atoms with E-state index in [9.17, 15) is 4.79 Å². The highest BCUT2D eigenvalue weighted by molar-refractivity contribution is 5.80. The van der Waals surface area contributed by atoms with Crippen LogP contribution in [0.5, 0.6) is 0 Å². The van der Waals surface area contributed by atoms with E-state index >= 15 is 0 Å². The van der Waals surface area contributed by atoms with Gasteiger partial charge in [0.1, 0.15) is 5.78 Å². The van der Waals surface area contributed by atoms with E-state index in [-0.39, 0.29) is 0 Å². The molecule has 80 valence electrons. The fourth-order valence-electron chi connectivity index (χ4n) is 1.89. The van der Waals surface area contributed by atoms with Crippen molar-refractivity contribution in [1.82, 2.24) is 5.32 Å². The Morgan fingerprint density at radius 1 is 1.21 bits per heavy atom. The number of hydrogen-bond acceptors (Lipinski definition) is 3. The summed E-state index contributed by atoms with van der Waals surface area (Å²) in [6.07, 6.45) is 5.39. The Kier molecular flexibility index (Phi) is 3.54. The normalized spacial score (nSPS) is 23.7. The minimum Gasteiger partial charge on any atom is -0.381 e. The van der Waals surface area contributed by atoms with Crippen molar-refractivity contribution < 1.29 is 9.53 Å². The molecule has 0 amide bonds. The highest BCUT2D eigenvalue weighted by Crippen LogP contribution is 2.20. The highest BCUT2D eigenvalue weighted by atomic mass is 16.5. The summed E-state index contributed by atoms with van der Waals surface area (Å²) in [5.74, 6) is 0.959. The molecule has 0 aromatic carbocycles. The van der Waals surface area contributed by atoms with Gasteiger partial charge in [0, 0.05) is 25.7 Å². The van der Waals surface area contributed by atoms with E-state index in [1.165, 1.54) is 12.8 Å². The van der Waals surface area contributed by atoms with Gasteiger partial charge in [-0.15, -0.1) is 0 Å². The molecule has 1 aliphatic heterocycles. The van der Waals surface area contributed by atoms with Gasteiger partial charge in [0.05, 0.1) is 6.54 Å². The average molecular weight is 197 g/mol. The molecule has 2 aliphatic rings. The highest BCUT2D eigenvalue weighted by Gasteiger charge is 2.22. The van der Waals surface area contributed by atoms with Gasteiger partial charge in [-0.3, -0.25) is 4.79 Å². The molecule has 1 N–H and O–H groups in total. The predicted octanol–water partition coefficient (Wildman–Crippen LogP) is 1.12. The number of nitrogens with one attached hydrogen (secondary N) is 1. The van der Waals surface area contributed by atoms with Gasteiger partial charge in [-0.25, -0.2) is 0 Å². The first-order valence-corrected chi connectivity index (χ1v) is 5.67. The van der Waals surface area contributed by atoms with Gasteiger partial charge in [-0.05, 0) is 31.6 Å². The molecular weight excluding hydrogens is 178 g/mol. The fraction of sp³-hybridized carbons (Fsp3) is 0.909. The predicted molar refractivity (Wildman–Crippen MR) is 54.2 cm³/mol. The van der Waals surface area contributed by atoms with Crippen molar-refractivity contribution >= 4 is 5.78 Å². The number of carbonyl (C=O) groups excluding carboxylic acids is 1. The molecule has 0 aromatic heterocycles. The van der Waals surface area contributed by atoms with Crippen LogP contribution in [0, 0.1) is 5.92 Å². The first-order valence-electron chi connectivity index (χ1n) is 5.67. The topological polar surface area (TPSA) is 38.3 Å². The quantitative estimate of drug-likeness (QED) is 0.718. The summed E-state index contributed by atoms with van der Waals surface area (Å²) in [7, 11) is 0. The van der Waals surface area contributed by atoms with Gasteiger partial charge in [0.25, 0.3) is 0 Å². The molecule has 1 saturated heterocycles. The monoisotopic (exact) mass is 197 g/mol. The van der Waals surface area contributed by atoms with Crippen molar-refractivity contribution in [1.29, 1.82) is 0 Å². The molecule has 14 heavy (non-hydrogen) atoms. The van der Waals surface area contributed by atoms with Crippen molar-refractivity contribution in [2.24, 2.45) is 5.92 Å². The van der Waals surface area contributed by atoms with Crippen LogP contribution in [0.3, 0.4) is 0 Å². The van der Waals surface area contributed by atoms with E-state index in [4.69, 9.17) is 4.74 Å². The molecule has 0 radical (unpaired) electrons. The number of ether oxygens (including phenoxy) is 1. The zero-order valence-corrected chi connectivity index (χ0v) is 8.63. The molecule has 3 heteroatoms. The fourth-order valence-corrected chi connectivity index (χ4v) is 1.89. The van der Waals surface area contributed by atoms with Crippen LogP contribution in [0.4, 0.5) is 0 Å². The largest absolute Gasteiger partial charge is 0.381 e. The van der Waals surface area contributed by atoms with E-state index in [0.29, 0.717) is 24.3 Å². The third-order valence-corrected chi connectivity index (χ3v) is 3.02. The van der Waals surface area contributed by atoms with Gasteiger partial charge in [0.15, 0.2) is 0 Å². The molecule has 3 nitrogen and oxygen atoms in total. The van der Waals surface area contributed by atoms with Crippen molar-refractivity contribution in [2.45, 2.75) is 38.1 Å². The van der Waals surface area contributed by atoms with E-state index in [0.717, 1.165) is 32.5 Å². The Hall–Kier alpha value is -0.410. The molecular formula is C11H19NO2. The van der Waals surface area contributed by atoms with Gasteiger partial charge in [-0.1, -0.05) is 0 Å². The second-order valence-electron chi connectivity index (χ2n) is 4.45. The maximum absolute atomic E-state index is 11.5. The molecule has 1 heterocycles. The lowest BCUT2D eigenvalue weighted by Crippen LogP contribution is -2.27. The smallest absolute Gasteiger partial charge is 0.146 e. The third kappa shape index (κ3) is 3.39. The Labute approximate surface area is 85.2 Å². The summed E-state index contributed by atoms with van der Waals surface area (Å²) in [6, 6.07) is 0.647. The van der Waals surface area contributed by atoms with Gasteiger partial charge in [-0.2, -0.15) is 0 Å². The number of ketones is 1. The van der Waals surface area contributed by atoms with Gasteiger partial charge in [0.2, 0.25) is 0 Å². The van der Waals surface area contributed by atoms with Crippen LogP contribution < -0.4 is 5.32 Å². The first-order chi connectivity index (χ1) is 6.84. The van der Waals surface area contributed by atoms with E-state index in [1.54, 1.807) is 0 Å². The van der Waals surface area contributed by atoms with E-state index < -0.39 is 0 Å². The Morgan fingerprint density at radius 3 is 2.57 bits per heavy atom. The molecule has 1 aliphatic carbocycles. The van der Waals surface area contributed by atoms with Crippen molar-refractivity contribution in [2.75, 3.05) is 19.8 Å². The van der Waals surface area contributed by atoms with Crippen LogP contribution >= 0.6 is 0 Å². The zero-order chi connectivity index (χ0) is 9.80. The van der Waals surface area contributed by atoms with Crippen LogP contribution in [0.25, 0.3) is 0 Å². The van der Waals surface area contributed by atoms with Crippen molar-refractivity contribution in [3.8, 4) is 0 Å². The Balaban J connectivity index is 1.59. The molecule has 0 bridgehead atoms. The van der Waals surface area contributed by atoms with Crippen LogP contribution in [0.15, 0.2) is 0 Å². The maximum atomic E-state index is 11.5. The molecule has 0 spiro atoms. The average Bonchev–Trinajstić information content (AvgIpc) is 3.00. The summed E-state index contributed by atoms with van der Waals surface area (Å²) in [5.41, 5.74) is 0. The summed E-state index contributed by atoms with van der Waals surface area (Å²) in [6.45, 7) is 2.27. The molecule has 0 aromatic rings. The molecule has 2 rings (SSSR count). The van der Waals surface area contributed by atoms with Crippen molar-refractivity contribution in [3.05, 3.63) is 0 Å². The lowest BCUT2D eigenvalue weighted by molar-refractivity contribution is -0.119. The van der Waals surface area contributed by atoms with Crippen LogP contribution in [0.1, 0.15) is 32.1 Å². The lowest BCUT2D eigenvalue weighted by Gasteiger charge is -2.21. The Bertz CT molecular complexity index is 195. The maximum Gasteiger partial charge on any atom is 0.146 e. The van der Waals surface area contributed by atoms with E-state index in [1.807, 2.05) is 0 Å². The lowest BCUT2D eigenvalue weighted by atomic mass is 9.94. The second kappa shape index (κ2) is 4.89. The first kappa shape index (κ1) is 10.1. The Morgan fingerprint density at radius 2 is 1.93 bits per heavy atom. The summed E-state index contributed by atoms with van der Waals surface area (Å²) in [5, 5.41) is 3.27. The molecule has 1 saturated carbocycles. The van der Waals surface area contributed by atoms with Gasteiger partial charge < -0.3 is 10.1 Å². The minimum atomic E-state index is 0.379. The summed E-state index contributed by atoms with van der Waals surface area (Å²) < 4.78 is 5.26. The number of carbonyl (C=O) groups is 1. The van der Waals surface area contributed by atoms with Crippen LogP contribution in [-0.2, 0) is 9.53 Å². The molecule has 0 atom stereocenters. The van der Waals surface area contributed by atoms with Gasteiger partial charge >= 0.3 is 0 Å². The second-order valence-corrected chi connectivity index (χ2v) is 4.45. The third-order valence-electron chi connectivity index (χ3n) is 3.02. The van der Waals surface area contributed by atoms with E-state index in [2.05, 4.69) is 5.32 Å². The zero-order valence-electron chi connectivity index (χ0n) is 8.63. The van der Waals surface area contributed by atoms with Crippen LogP contribution in [-0.4, -0.2) is 31.6 Å². The van der Waals surface area contributed by atoms with Crippen LogP contribution in [0.2, 0.25) is 0 Å².